The van der Waals surface area contributed by atoms with Crippen LogP contribution in [0.2, 0.25) is 0 Å². The van der Waals surface area contributed by atoms with Gasteiger partial charge in [0.2, 0.25) is 0 Å². The molecule has 3 heteroatoms. The Morgan fingerprint density at radius 1 is 1.13 bits per heavy atom. The summed E-state index contributed by atoms with van der Waals surface area (Å²) in [6.45, 7) is 8.48. The van der Waals surface area contributed by atoms with E-state index in [9.17, 15) is 0 Å². The van der Waals surface area contributed by atoms with Crippen LogP contribution in [0.15, 0.2) is 0 Å². The third kappa shape index (κ3) is 2.92. The third-order valence-electron chi connectivity index (χ3n) is 4.06. The summed E-state index contributed by atoms with van der Waals surface area (Å²) in [6.07, 6.45) is 5.18. The number of nitrogens with zero attached hydrogens (tertiary/aromatic N) is 2. The minimum Gasteiger partial charge on any atom is -0.328 e. The molecule has 0 unspecified atom stereocenters. The zero-order valence-electron chi connectivity index (χ0n) is 9.99. The molecule has 0 aromatic carbocycles. The van der Waals surface area contributed by atoms with E-state index in [0.717, 1.165) is 6.04 Å². The quantitative estimate of drug-likeness (QED) is 0.736. The molecule has 88 valence electrons. The van der Waals surface area contributed by atoms with Gasteiger partial charge < -0.3 is 10.6 Å². The molecule has 1 heterocycles. The maximum absolute atomic E-state index is 6.05. The fourth-order valence-electron chi connectivity index (χ4n) is 2.98. The maximum atomic E-state index is 6.05. The highest BCUT2D eigenvalue weighted by atomic mass is 15.3. The van der Waals surface area contributed by atoms with E-state index in [1.807, 2.05) is 0 Å². The zero-order valence-corrected chi connectivity index (χ0v) is 9.99. The molecule has 2 aliphatic rings. The molecule has 2 fully saturated rings. The Kier molecular flexibility index (Phi) is 4.00. The molecule has 0 amide bonds. The van der Waals surface area contributed by atoms with Crippen LogP contribution in [0.1, 0.15) is 32.6 Å². The van der Waals surface area contributed by atoms with Gasteiger partial charge in [0.15, 0.2) is 0 Å². The molecule has 3 nitrogen and oxygen atoms in total. The summed E-state index contributed by atoms with van der Waals surface area (Å²) in [6, 6.07) is 1.25. The van der Waals surface area contributed by atoms with E-state index in [0.29, 0.717) is 6.04 Å². The summed E-state index contributed by atoms with van der Waals surface area (Å²) in [4.78, 5) is 5.21. The molecule has 0 aromatic rings. The van der Waals surface area contributed by atoms with Gasteiger partial charge in [0, 0.05) is 38.3 Å². The molecule has 15 heavy (non-hydrogen) atoms. The summed E-state index contributed by atoms with van der Waals surface area (Å²) in [5.41, 5.74) is 6.05. The highest BCUT2D eigenvalue weighted by molar-refractivity contribution is 4.84. The van der Waals surface area contributed by atoms with E-state index >= 15 is 0 Å². The standard InChI is InChI=1S/C12H25N3/c1-2-14-6-8-15(9-7-14)12-5-3-4-11(13)10-12/h11-12H,2-10,13H2,1H3/t11-,12-/m1/s1. The normalized spacial score (nSPS) is 35.6. The highest BCUT2D eigenvalue weighted by Crippen LogP contribution is 2.22. The zero-order chi connectivity index (χ0) is 10.7. The Hall–Kier alpha value is -0.120. The van der Waals surface area contributed by atoms with Crippen molar-refractivity contribution in [3.8, 4) is 0 Å². The molecular formula is C12H25N3. The minimum absolute atomic E-state index is 0.466. The Labute approximate surface area is 93.6 Å². The van der Waals surface area contributed by atoms with Crippen molar-refractivity contribution >= 4 is 0 Å². The molecule has 1 saturated carbocycles. The van der Waals surface area contributed by atoms with Gasteiger partial charge in [-0.3, -0.25) is 4.90 Å². The van der Waals surface area contributed by atoms with Crippen molar-refractivity contribution in [3.63, 3.8) is 0 Å². The lowest BCUT2D eigenvalue weighted by Gasteiger charge is -2.41. The monoisotopic (exact) mass is 211 g/mol. The van der Waals surface area contributed by atoms with Crippen LogP contribution in [-0.2, 0) is 0 Å². The van der Waals surface area contributed by atoms with Crippen LogP contribution in [0.25, 0.3) is 0 Å². The van der Waals surface area contributed by atoms with Crippen LogP contribution in [0, 0.1) is 0 Å². The van der Waals surface area contributed by atoms with E-state index in [1.165, 1.54) is 58.4 Å². The molecule has 0 spiro atoms. The van der Waals surface area contributed by atoms with Gasteiger partial charge in [-0.05, 0) is 25.8 Å². The van der Waals surface area contributed by atoms with Crippen molar-refractivity contribution in [2.75, 3.05) is 32.7 Å². The van der Waals surface area contributed by atoms with Gasteiger partial charge in [0.05, 0.1) is 0 Å². The Balaban J connectivity index is 1.79. The molecule has 0 bridgehead atoms. The molecule has 1 aliphatic carbocycles. The number of rotatable bonds is 2. The van der Waals surface area contributed by atoms with Crippen LogP contribution in [-0.4, -0.2) is 54.6 Å². The highest BCUT2D eigenvalue weighted by Gasteiger charge is 2.27. The molecule has 2 N–H and O–H groups in total. The Morgan fingerprint density at radius 2 is 1.87 bits per heavy atom. The summed E-state index contributed by atoms with van der Waals surface area (Å²) in [5.74, 6) is 0. The van der Waals surface area contributed by atoms with Crippen LogP contribution in [0.4, 0.5) is 0 Å². The van der Waals surface area contributed by atoms with Gasteiger partial charge in [-0.25, -0.2) is 0 Å². The van der Waals surface area contributed by atoms with E-state index in [4.69, 9.17) is 5.73 Å². The molecule has 1 aliphatic heterocycles. The number of likely N-dealkylation sites (N-methyl/N-ethyl adjacent to an activating group) is 1. The Bertz CT molecular complexity index is 187. The van der Waals surface area contributed by atoms with Crippen molar-refractivity contribution in [1.82, 2.24) is 9.80 Å². The summed E-state index contributed by atoms with van der Waals surface area (Å²) in [7, 11) is 0. The fourth-order valence-corrected chi connectivity index (χ4v) is 2.98. The number of nitrogens with two attached hydrogens (primary N) is 1. The Morgan fingerprint density at radius 3 is 2.47 bits per heavy atom. The third-order valence-corrected chi connectivity index (χ3v) is 4.06. The van der Waals surface area contributed by atoms with Crippen molar-refractivity contribution in [2.45, 2.75) is 44.7 Å². The van der Waals surface area contributed by atoms with Gasteiger partial charge in [0.25, 0.3) is 0 Å². The smallest absolute Gasteiger partial charge is 0.0113 e. The lowest BCUT2D eigenvalue weighted by Crippen LogP contribution is -2.52. The first-order chi connectivity index (χ1) is 7.29. The van der Waals surface area contributed by atoms with Gasteiger partial charge in [-0.1, -0.05) is 13.3 Å². The summed E-state index contributed by atoms with van der Waals surface area (Å²) >= 11 is 0. The predicted octanol–water partition coefficient (Wildman–Crippen LogP) is 0.894. The number of hydrogen-bond acceptors (Lipinski definition) is 3. The maximum Gasteiger partial charge on any atom is 0.0113 e. The van der Waals surface area contributed by atoms with E-state index in [2.05, 4.69) is 16.7 Å². The average Bonchev–Trinajstić information content (AvgIpc) is 2.29. The van der Waals surface area contributed by atoms with Crippen LogP contribution >= 0.6 is 0 Å². The summed E-state index contributed by atoms with van der Waals surface area (Å²) < 4.78 is 0. The topological polar surface area (TPSA) is 32.5 Å². The van der Waals surface area contributed by atoms with Crippen molar-refractivity contribution < 1.29 is 0 Å². The molecule has 0 radical (unpaired) electrons. The summed E-state index contributed by atoms with van der Waals surface area (Å²) in [5, 5.41) is 0. The van der Waals surface area contributed by atoms with Crippen LogP contribution in [0.3, 0.4) is 0 Å². The first-order valence-corrected chi connectivity index (χ1v) is 6.51. The van der Waals surface area contributed by atoms with Crippen molar-refractivity contribution in [3.05, 3.63) is 0 Å². The van der Waals surface area contributed by atoms with Crippen LogP contribution in [0.5, 0.6) is 0 Å². The minimum atomic E-state index is 0.466. The van der Waals surface area contributed by atoms with Gasteiger partial charge in [0.1, 0.15) is 0 Å². The second kappa shape index (κ2) is 5.28. The second-order valence-electron chi connectivity index (χ2n) is 5.05. The first-order valence-electron chi connectivity index (χ1n) is 6.51. The predicted molar refractivity (Wildman–Crippen MR) is 63.9 cm³/mol. The van der Waals surface area contributed by atoms with E-state index in [-0.39, 0.29) is 0 Å². The largest absolute Gasteiger partial charge is 0.328 e. The second-order valence-corrected chi connectivity index (χ2v) is 5.05. The van der Waals surface area contributed by atoms with E-state index in [1.54, 1.807) is 0 Å². The fraction of sp³-hybridized carbons (Fsp3) is 1.00. The molecule has 2 rings (SSSR count). The first kappa shape index (κ1) is 11.4. The molecule has 1 saturated heterocycles. The lowest BCUT2D eigenvalue weighted by molar-refractivity contribution is 0.0778. The van der Waals surface area contributed by atoms with Gasteiger partial charge >= 0.3 is 0 Å². The van der Waals surface area contributed by atoms with E-state index < -0.39 is 0 Å². The molecular weight excluding hydrogens is 186 g/mol. The molecule has 0 aromatic heterocycles. The SMILES string of the molecule is CCN1CCN([C@@H]2CCC[C@@H](N)C2)CC1. The lowest BCUT2D eigenvalue weighted by atomic mass is 9.90. The van der Waals surface area contributed by atoms with Gasteiger partial charge in [-0.15, -0.1) is 0 Å². The van der Waals surface area contributed by atoms with Crippen molar-refractivity contribution in [1.29, 1.82) is 0 Å². The molecule has 2 atom stereocenters. The van der Waals surface area contributed by atoms with Gasteiger partial charge in [-0.2, -0.15) is 0 Å². The number of hydrogen-bond donors (Lipinski definition) is 1. The van der Waals surface area contributed by atoms with Crippen LogP contribution < -0.4 is 5.73 Å². The number of piperazine rings is 1. The average molecular weight is 211 g/mol. The van der Waals surface area contributed by atoms with Crippen molar-refractivity contribution in [2.24, 2.45) is 5.73 Å².